The van der Waals surface area contributed by atoms with E-state index in [1.54, 1.807) is 5.51 Å². The van der Waals surface area contributed by atoms with Crippen LogP contribution >= 0.6 is 11.3 Å². The van der Waals surface area contributed by atoms with Gasteiger partial charge in [0.05, 0.1) is 0 Å². The number of nitrogens with one attached hydrogen (secondary N) is 1. The number of hydrogen-bond donors (Lipinski definition) is 1. The Hall–Kier alpha value is -1.17. The van der Waals surface area contributed by atoms with Gasteiger partial charge in [0, 0.05) is 12.6 Å². The lowest BCUT2D eigenvalue weighted by molar-refractivity contribution is 0.210. The van der Waals surface area contributed by atoms with Gasteiger partial charge in [-0.25, -0.2) is 4.79 Å². The minimum absolute atomic E-state index is 0.0632. The molecule has 6 heteroatoms. The van der Waals surface area contributed by atoms with Gasteiger partial charge < -0.3 is 4.90 Å². The molecule has 5 nitrogen and oxygen atoms in total. The van der Waals surface area contributed by atoms with Crippen LogP contribution in [0.5, 0.6) is 0 Å². The fraction of sp³-hybridized carbons (Fsp3) is 0.625. The van der Waals surface area contributed by atoms with Crippen LogP contribution in [0.3, 0.4) is 0 Å². The third-order valence-corrected chi connectivity index (χ3v) is 2.99. The van der Waals surface area contributed by atoms with Crippen molar-refractivity contribution in [1.29, 1.82) is 0 Å². The first kappa shape index (κ1) is 9.39. The van der Waals surface area contributed by atoms with E-state index in [0.29, 0.717) is 11.2 Å². The van der Waals surface area contributed by atoms with Gasteiger partial charge in [-0.2, -0.15) is 0 Å². The zero-order chi connectivity index (χ0) is 9.97. The fourth-order valence-corrected chi connectivity index (χ4v) is 2.06. The largest absolute Gasteiger partial charge is 0.323 e. The molecule has 0 aliphatic carbocycles. The molecule has 76 valence electrons. The van der Waals surface area contributed by atoms with Crippen molar-refractivity contribution in [3.63, 3.8) is 0 Å². The summed E-state index contributed by atoms with van der Waals surface area (Å²) in [5.74, 6) is 0. The van der Waals surface area contributed by atoms with Crippen LogP contribution in [0.2, 0.25) is 0 Å². The molecule has 0 saturated carbocycles. The number of carbonyl (C=O) groups is 1. The summed E-state index contributed by atoms with van der Waals surface area (Å²) < 4.78 is 0. The van der Waals surface area contributed by atoms with E-state index in [0.717, 1.165) is 19.4 Å². The molecule has 1 fully saturated rings. The topological polar surface area (TPSA) is 58.1 Å². The number of hydrogen-bond acceptors (Lipinski definition) is 4. The summed E-state index contributed by atoms with van der Waals surface area (Å²) in [6.07, 6.45) is 2.17. The molecule has 1 aromatic heterocycles. The second-order valence-corrected chi connectivity index (χ2v) is 4.19. The van der Waals surface area contributed by atoms with E-state index in [-0.39, 0.29) is 6.03 Å². The minimum atomic E-state index is -0.0632. The van der Waals surface area contributed by atoms with E-state index < -0.39 is 0 Å². The van der Waals surface area contributed by atoms with Crippen molar-refractivity contribution in [1.82, 2.24) is 15.1 Å². The molecule has 0 radical (unpaired) electrons. The van der Waals surface area contributed by atoms with Crippen molar-refractivity contribution < 1.29 is 4.79 Å². The third-order valence-electron chi connectivity index (χ3n) is 2.39. The van der Waals surface area contributed by atoms with Gasteiger partial charge in [0.2, 0.25) is 5.13 Å². The van der Waals surface area contributed by atoms with Crippen LogP contribution in [0.15, 0.2) is 5.51 Å². The van der Waals surface area contributed by atoms with E-state index in [1.165, 1.54) is 11.3 Å². The Bertz CT molecular complexity index is 313. The molecular weight excluding hydrogens is 200 g/mol. The maximum atomic E-state index is 11.7. The number of rotatable bonds is 1. The second-order valence-electron chi connectivity index (χ2n) is 3.36. The number of likely N-dealkylation sites (tertiary alicyclic amines) is 1. The first-order valence-electron chi connectivity index (χ1n) is 4.61. The number of nitrogens with zero attached hydrogens (tertiary/aromatic N) is 3. The van der Waals surface area contributed by atoms with Gasteiger partial charge in [-0.3, -0.25) is 5.32 Å². The van der Waals surface area contributed by atoms with Crippen LogP contribution in [0, 0.1) is 0 Å². The Labute approximate surface area is 86.1 Å². The van der Waals surface area contributed by atoms with Gasteiger partial charge in [0.15, 0.2) is 0 Å². The molecule has 0 aromatic carbocycles. The van der Waals surface area contributed by atoms with Crippen LogP contribution in [0.25, 0.3) is 0 Å². The molecule has 1 aromatic rings. The number of carbonyl (C=O) groups excluding carboxylic acids is 1. The molecular formula is C8H12N4OS. The maximum Gasteiger partial charge on any atom is 0.323 e. The normalized spacial score (nSPS) is 21.2. The molecule has 2 amide bonds. The molecule has 2 heterocycles. The summed E-state index contributed by atoms with van der Waals surface area (Å²) in [6, 6.07) is 0.273. The quantitative estimate of drug-likeness (QED) is 0.768. The Morgan fingerprint density at radius 1 is 1.79 bits per heavy atom. The van der Waals surface area contributed by atoms with Crippen molar-refractivity contribution in [3.8, 4) is 0 Å². The third kappa shape index (κ3) is 1.84. The Morgan fingerprint density at radius 2 is 2.64 bits per heavy atom. The standard InChI is InChI=1S/C8H12N4OS/c1-6-3-2-4-12(6)8(13)10-7-11-9-5-14-7/h5-6H,2-4H2,1H3,(H,10,11,13). The number of amides is 2. The highest BCUT2D eigenvalue weighted by atomic mass is 32.1. The lowest BCUT2D eigenvalue weighted by atomic mass is 10.2. The number of anilines is 1. The SMILES string of the molecule is CC1CCCN1C(=O)Nc1nncs1. The molecule has 1 unspecified atom stereocenters. The predicted octanol–water partition coefficient (Wildman–Crippen LogP) is 1.55. The van der Waals surface area contributed by atoms with E-state index in [9.17, 15) is 4.79 Å². The summed E-state index contributed by atoms with van der Waals surface area (Å²) in [4.78, 5) is 13.5. The average molecular weight is 212 g/mol. The predicted molar refractivity (Wildman–Crippen MR) is 54.3 cm³/mol. The minimum Gasteiger partial charge on any atom is -0.322 e. The van der Waals surface area contributed by atoms with Gasteiger partial charge in [-0.05, 0) is 19.8 Å². The molecule has 0 bridgehead atoms. The summed E-state index contributed by atoms with van der Waals surface area (Å²) in [7, 11) is 0. The summed E-state index contributed by atoms with van der Waals surface area (Å²) in [6.45, 7) is 2.90. The average Bonchev–Trinajstić information content (AvgIpc) is 2.75. The van der Waals surface area contributed by atoms with Crippen LogP contribution < -0.4 is 5.32 Å². The van der Waals surface area contributed by atoms with Gasteiger partial charge in [-0.1, -0.05) is 11.3 Å². The fourth-order valence-electron chi connectivity index (χ4n) is 1.63. The van der Waals surface area contributed by atoms with Crippen molar-refractivity contribution in [2.24, 2.45) is 0 Å². The smallest absolute Gasteiger partial charge is 0.322 e. The van der Waals surface area contributed by atoms with E-state index in [1.807, 2.05) is 4.90 Å². The van der Waals surface area contributed by atoms with Crippen LogP contribution in [0.4, 0.5) is 9.93 Å². The molecule has 1 saturated heterocycles. The Kier molecular flexibility index (Phi) is 2.62. The second kappa shape index (κ2) is 3.91. The zero-order valence-electron chi connectivity index (χ0n) is 7.93. The maximum absolute atomic E-state index is 11.7. The van der Waals surface area contributed by atoms with Gasteiger partial charge in [-0.15, -0.1) is 10.2 Å². The lowest BCUT2D eigenvalue weighted by Crippen LogP contribution is -2.37. The Balaban J connectivity index is 1.95. The number of urea groups is 1. The van der Waals surface area contributed by atoms with E-state index >= 15 is 0 Å². The van der Waals surface area contributed by atoms with Crippen LogP contribution in [-0.2, 0) is 0 Å². The molecule has 1 aliphatic rings. The first-order chi connectivity index (χ1) is 6.77. The molecule has 1 aliphatic heterocycles. The molecule has 14 heavy (non-hydrogen) atoms. The van der Waals surface area contributed by atoms with Crippen molar-refractivity contribution in [3.05, 3.63) is 5.51 Å². The van der Waals surface area contributed by atoms with Gasteiger partial charge in [0.25, 0.3) is 0 Å². The Morgan fingerprint density at radius 3 is 3.21 bits per heavy atom. The lowest BCUT2D eigenvalue weighted by Gasteiger charge is -2.20. The zero-order valence-corrected chi connectivity index (χ0v) is 8.75. The highest BCUT2D eigenvalue weighted by Crippen LogP contribution is 2.18. The van der Waals surface area contributed by atoms with Crippen molar-refractivity contribution in [2.45, 2.75) is 25.8 Å². The van der Waals surface area contributed by atoms with E-state index in [2.05, 4.69) is 22.4 Å². The van der Waals surface area contributed by atoms with E-state index in [4.69, 9.17) is 0 Å². The molecule has 1 N–H and O–H groups in total. The van der Waals surface area contributed by atoms with Crippen LogP contribution in [-0.4, -0.2) is 33.7 Å². The van der Waals surface area contributed by atoms with Gasteiger partial charge in [0.1, 0.15) is 5.51 Å². The molecule has 1 atom stereocenters. The highest BCUT2D eigenvalue weighted by Gasteiger charge is 2.25. The first-order valence-corrected chi connectivity index (χ1v) is 5.49. The summed E-state index contributed by atoms with van der Waals surface area (Å²) in [5.41, 5.74) is 1.60. The van der Waals surface area contributed by atoms with Gasteiger partial charge >= 0.3 is 6.03 Å². The van der Waals surface area contributed by atoms with Crippen molar-refractivity contribution in [2.75, 3.05) is 11.9 Å². The highest BCUT2D eigenvalue weighted by molar-refractivity contribution is 7.13. The molecule has 2 rings (SSSR count). The summed E-state index contributed by atoms with van der Waals surface area (Å²) in [5, 5.41) is 10.7. The monoisotopic (exact) mass is 212 g/mol. The van der Waals surface area contributed by atoms with Crippen molar-refractivity contribution >= 4 is 22.5 Å². The van der Waals surface area contributed by atoms with Crippen LogP contribution in [0.1, 0.15) is 19.8 Å². The molecule has 0 spiro atoms. The number of aromatic nitrogens is 2. The summed E-state index contributed by atoms with van der Waals surface area (Å²) >= 11 is 1.33.